The summed E-state index contributed by atoms with van der Waals surface area (Å²) in [5.74, 6) is 0.480. The lowest BCUT2D eigenvalue weighted by Gasteiger charge is -2.09. The van der Waals surface area contributed by atoms with E-state index in [4.69, 9.17) is 0 Å². The second-order valence-corrected chi connectivity index (χ2v) is 3.47. The molecule has 0 saturated carbocycles. The van der Waals surface area contributed by atoms with Crippen molar-refractivity contribution in [2.75, 3.05) is 5.32 Å². The van der Waals surface area contributed by atoms with Gasteiger partial charge in [0.1, 0.15) is 12.4 Å². The Morgan fingerprint density at radius 2 is 2.20 bits per heavy atom. The Morgan fingerprint density at radius 1 is 1.53 bits per heavy atom. The minimum atomic E-state index is -4.22. The van der Waals surface area contributed by atoms with Gasteiger partial charge in [-0.05, 0) is 13.3 Å². The molecule has 3 nitrogen and oxygen atoms in total. The van der Waals surface area contributed by atoms with Gasteiger partial charge in [0.25, 0.3) is 0 Å². The Morgan fingerprint density at radius 3 is 2.73 bits per heavy atom. The molecule has 15 heavy (non-hydrogen) atoms. The van der Waals surface area contributed by atoms with Crippen LogP contribution in [0.4, 0.5) is 19.0 Å². The molecule has 6 heteroatoms. The molecule has 0 aliphatic carbocycles. The van der Waals surface area contributed by atoms with E-state index < -0.39 is 12.7 Å². The van der Waals surface area contributed by atoms with Crippen LogP contribution in [0.15, 0.2) is 12.3 Å². The van der Waals surface area contributed by atoms with Gasteiger partial charge in [0.15, 0.2) is 0 Å². The molecule has 1 atom stereocenters. The fourth-order valence-corrected chi connectivity index (χ4v) is 1.06. The molecule has 1 rings (SSSR count). The highest BCUT2D eigenvalue weighted by Gasteiger charge is 2.28. The Balaban J connectivity index is 2.56. The third kappa shape index (κ3) is 4.22. The summed E-state index contributed by atoms with van der Waals surface area (Å²) in [7, 11) is 0. The molecule has 0 aliphatic heterocycles. The smallest absolute Gasteiger partial charge is 0.366 e. The summed E-state index contributed by atoms with van der Waals surface area (Å²) in [5.41, 5.74) is 0. The number of nitrogens with zero attached hydrogens (tertiary/aromatic N) is 2. The Kier molecular flexibility index (Phi) is 3.60. The monoisotopic (exact) mass is 221 g/mol. The summed E-state index contributed by atoms with van der Waals surface area (Å²) < 4.78 is 36.9. The van der Waals surface area contributed by atoms with Gasteiger partial charge in [0.2, 0.25) is 0 Å². The molecule has 1 aromatic heterocycles. The Labute approximate surface area is 86.3 Å². The molecule has 0 aromatic carbocycles. The standard InChI is InChI=1S/C9H14F3N3/c1-3-7(2)13-8-4-5-15(14-8)6-9(10,11)12/h4-5,7H,3,6H2,1-2H3,(H,13,14). The predicted molar refractivity (Wildman–Crippen MR) is 51.7 cm³/mol. The van der Waals surface area contributed by atoms with Crippen molar-refractivity contribution in [2.45, 2.75) is 39.0 Å². The van der Waals surface area contributed by atoms with Crippen molar-refractivity contribution < 1.29 is 13.2 Å². The molecule has 0 amide bonds. The Hall–Kier alpha value is -1.20. The highest BCUT2D eigenvalue weighted by Crippen LogP contribution is 2.17. The van der Waals surface area contributed by atoms with Crippen LogP contribution in [0.1, 0.15) is 20.3 Å². The molecule has 86 valence electrons. The normalized spacial score (nSPS) is 13.9. The van der Waals surface area contributed by atoms with E-state index in [9.17, 15) is 13.2 Å². The van der Waals surface area contributed by atoms with Crippen LogP contribution in [0.5, 0.6) is 0 Å². The number of hydrogen-bond acceptors (Lipinski definition) is 2. The first-order chi connectivity index (χ1) is 6.90. The number of halogens is 3. The summed E-state index contributed by atoms with van der Waals surface area (Å²) in [5, 5.41) is 6.77. The third-order valence-electron chi connectivity index (χ3n) is 1.99. The second kappa shape index (κ2) is 4.55. The summed E-state index contributed by atoms with van der Waals surface area (Å²) in [6.45, 7) is 2.89. The van der Waals surface area contributed by atoms with Gasteiger partial charge in [-0.1, -0.05) is 6.92 Å². The molecule has 0 radical (unpaired) electrons. The van der Waals surface area contributed by atoms with Crippen LogP contribution < -0.4 is 5.32 Å². The van der Waals surface area contributed by atoms with Crippen LogP contribution in [-0.4, -0.2) is 22.0 Å². The van der Waals surface area contributed by atoms with Crippen molar-refractivity contribution in [2.24, 2.45) is 0 Å². The fraction of sp³-hybridized carbons (Fsp3) is 0.667. The van der Waals surface area contributed by atoms with E-state index in [-0.39, 0.29) is 6.04 Å². The summed E-state index contributed by atoms with van der Waals surface area (Å²) >= 11 is 0. The minimum absolute atomic E-state index is 0.208. The highest BCUT2D eigenvalue weighted by atomic mass is 19.4. The number of alkyl halides is 3. The van der Waals surface area contributed by atoms with E-state index in [2.05, 4.69) is 10.4 Å². The number of nitrogens with one attached hydrogen (secondary N) is 1. The molecule has 1 N–H and O–H groups in total. The first kappa shape index (κ1) is 11.9. The van der Waals surface area contributed by atoms with Crippen LogP contribution in [-0.2, 0) is 6.54 Å². The van der Waals surface area contributed by atoms with Crippen LogP contribution >= 0.6 is 0 Å². The topological polar surface area (TPSA) is 29.9 Å². The van der Waals surface area contributed by atoms with Gasteiger partial charge >= 0.3 is 6.18 Å². The van der Waals surface area contributed by atoms with E-state index >= 15 is 0 Å². The maximum Gasteiger partial charge on any atom is 0.408 e. The van der Waals surface area contributed by atoms with E-state index in [1.807, 2.05) is 13.8 Å². The molecule has 1 heterocycles. The van der Waals surface area contributed by atoms with E-state index in [0.717, 1.165) is 11.1 Å². The van der Waals surface area contributed by atoms with E-state index in [1.54, 1.807) is 0 Å². The maximum atomic E-state index is 12.0. The molecule has 0 fully saturated rings. The van der Waals surface area contributed by atoms with Gasteiger partial charge in [0, 0.05) is 18.3 Å². The minimum Gasteiger partial charge on any atom is -0.366 e. The molecule has 1 unspecified atom stereocenters. The molecule has 0 aliphatic rings. The maximum absolute atomic E-state index is 12.0. The van der Waals surface area contributed by atoms with Crippen molar-refractivity contribution in [3.8, 4) is 0 Å². The van der Waals surface area contributed by atoms with Crippen LogP contribution in [0, 0.1) is 0 Å². The number of aromatic nitrogens is 2. The third-order valence-corrected chi connectivity index (χ3v) is 1.99. The van der Waals surface area contributed by atoms with Gasteiger partial charge in [-0.25, -0.2) is 0 Å². The number of rotatable bonds is 4. The molecule has 0 saturated heterocycles. The largest absolute Gasteiger partial charge is 0.408 e. The lowest BCUT2D eigenvalue weighted by Crippen LogP contribution is -2.19. The van der Waals surface area contributed by atoms with Crippen molar-refractivity contribution in [3.63, 3.8) is 0 Å². The SMILES string of the molecule is CCC(C)Nc1ccn(CC(F)(F)F)n1. The van der Waals surface area contributed by atoms with Crippen molar-refractivity contribution in [3.05, 3.63) is 12.3 Å². The lowest BCUT2D eigenvalue weighted by molar-refractivity contribution is -0.142. The average molecular weight is 221 g/mol. The Bertz CT molecular complexity index is 306. The van der Waals surface area contributed by atoms with Crippen molar-refractivity contribution in [1.82, 2.24) is 9.78 Å². The van der Waals surface area contributed by atoms with Crippen LogP contribution in [0.2, 0.25) is 0 Å². The van der Waals surface area contributed by atoms with E-state index in [0.29, 0.717) is 5.82 Å². The summed E-state index contributed by atoms with van der Waals surface area (Å²) in [6.07, 6.45) is -2.01. The fourth-order valence-electron chi connectivity index (χ4n) is 1.06. The zero-order chi connectivity index (χ0) is 11.5. The average Bonchev–Trinajstić information content (AvgIpc) is 2.49. The summed E-state index contributed by atoms with van der Waals surface area (Å²) in [6, 6.07) is 1.75. The lowest BCUT2D eigenvalue weighted by atomic mass is 10.3. The zero-order valence-electron chi connectivity index (χ0n) is 8.67. The predicted octanol–water partition coefficient (Wildman–Crippen LogP) is 2.66. The number of anilines is 1. The van der Waals surface area contributed by atoms with Gasteiger partial charge in [0.05, 0.1) is 0 Å². The molecule has 0 bridgehead atoms. The van der Waals surface area contributed by atoms with Gasteiger partial charge in [-0.3, -0.25) is 4.68 Å². The van der Waals surface area contributed by atoms with Gasteiger partial charge in [-0.2, -0.15) is 18.3 Å². The molecular weight excluding hydrogens is 207 g/mol. The quantitative estimate of drug-likeness (QED) is 0.847. The zero-order valence-corrected chi connectivity index (χ0v) is 8.67. The summed E-state index contributed by atoms with van der Waals surface area (Å²) in [4.78, 5) is 0. The highest BCUT2D eigenvalue weighted by molar-refractivity contribution is 5.33. The first-order valence-electron chi connectivity index (χ1n) is 4.77. The van der Waals surface area contributed by atoms with Gasteiger partial charge < -0.3 is 5.32 Å². The van der Waals surface area contributed by atoms with Crippen LogP contribution in [0.25, 0.3) is 0 Å². The van der Waals surface area contributed by atoms with Crippen LogP contribution in [0.3, 0.4) is 0 Å². The molecular formula is C9H14F3N3. The first-order valence-corrected chi connectivity index (χ1v) is 4.77. The van der Waals surface area contributed by atoms with Crippen molar-refractivity contribution >= 4 is 5.82 Å². The van der Waals surface area contributed by atoms with E-state index in [1.165, 1.54) is 12.3 Å². The van der Waals surface area contributed by atoms with Crippen molar-refractivity contribution in [1.29, 1.82) is 0 Å². The second-order valence-electron chi connectivity index (χ2n) is 3.47. The molecule has 1 aromatic rings. The molecule has 0 spiro atoms. The van der Waals surface area contributed by atoms with Gasteiger partial charge in [-0.15, -0.1) is 0 Å². The number of hydrogen-bond donors (Lipinski definition) is 1.